The zero-order valence-corrected chi connectivity index (χ0v) is 12.6. The lowest BCUT2D eigenvalue weighted by Crippen LogP contribution is -2.16. The number of anilines is 1. The number of amides is 1. The van der Waals surface area contributed by atoms with E-state index in [1.165, 1.54) is 6.20 Å². The van der Waals surface area contributed by atoms with Crippen LogP contribution in [0.15, 0.2) is 24.3 Å². The third-order valence-corrected chi connectivity index (χ3v) is 4.30. The van der Waals surface area contributed by atoms with Crippen molar-refractivity contribution in [3.63, 3.8) is 0 Å². The van der Waals surface area contributed by atoms with Crippen molar-refractivity contribution in [3.05, 3.63) is 29.9 Å². The van der Waals surface area contributed by atoms with Crippen LogP contribution >= 0.6 is 0 Å². The molecule has 1 amide bonds. The van der Waals surface area contributed by atoms with Gasteiger partial charge in [-0.25, -0.2) is 13.4 Å². The van der Waals surface area contributed by atoms with E-state index in [-0.39, 0.29) is 18.1 Å². The molecule has 0 bridgehead atoms. The van der Waals surface area contributed by atoms with Gasteiger partial charge in [0.15, 0.2) is 15.5 Å². The van der Waals surface area contributed by atoms with Crippen LogP contribution < -0.4 is 5.32 Å². The molecule has 1 N–H and O–H groups in total. The molecular formula is C13H16N4O3S. The third-order valence-electron chi connectivity index (χ3n) is 3.01. The lowest BCUT2D eigenvalue weighted by Gasteiger charge is -2.05. The molecule has 0 aliphatic rings. The van der Waals surface area contributed by atoms with Crippen LogP contribution in [-0.2, 0) is 21.7 Å². The van der Waals surface area contributed by atoms with E-state index in [0.29, 0.717) is 5.69 Å². The maximum Gasteiger partial charge on any atom is 0.225 e. The molecule has 0 saturated heterocycles. The summed E-state index contributed by atoms with van der Waals surface area (Å²) in [6.07, 6.45) is 1.39. The fraction of sp³-hybridized carbons (Fsp3) is 0.308. The van der Waals surface area contributed by atoms with Gasteiger partial charge in [-0.3, -0.25) is 9.48 Å². The zero-order chi connectivity index (χ0) is 15.6. The largest absolute Gasteiger partial charge is 0.325 e. The molecule has 2 heterocycles. The number of fused-ring (bicyclic) bond motifs is 1. The number of aromatic nitrogens is 3. The van der Waals surface area contributed by atoms with E-state index in [0.717, 1.165) is 22.1 Å². The SMILES string of the molecule is C=CS(=O)(=O)CCC(=O)Nc1cnc2c(c1)c(C)nn2C. The first-order valence-electron chi connectivity index (χ1n) is 6.27. The summed E-state index contributed by atoms with van der Waals surface area (Å²) in [5.41, 5.74) is 2.05. The van der Waals surface area contributed by atoms with Gasteiger partial charge in [0.25, 0.3) is 0 Å². The predicted molar refractivity (Wildman–Crippen MR) is 80.5 cm³/mol. The number of hydrogen-bond acceptors (Lipinski definition) is 5. The predicted octanol–water partition coefficient (Wildman–Crippen LogP) is 1.16. The van der Waals surface area contributed by atoms with Gasteiger partial charge in [0.05, 0.1) is 23.3 Å². The Morgan fingerprint density at radius 1 is 1.52 bits per heavy atom. The van der Waals surface area contributed by atoms with Crippen LogP contribution in [-0.4, -0.2) is 34.8 Å². The van der Waals surface area contributed by atoms with Gasteiger partial charge in [-0.15, -0.1) is 0 Å². The number of aryl methyl sites for hydroxylation is 2. The van der Waals surface area contributed by atoms with Gasteiger partial charge in [0, 0.05) is 24.3 Å². The highest BCUT2D eigenvalue weighted by atomic mass is 32.2. The van der Waals surface area contributed by atoms with Crippen LogP contribution in [0, 0.1) is 6.92 Å². The lowest BCUT2D eigenvalue weighted by molar-refractivity contribution is -0.115. The van der Waals surface area contributed by atoms with Crippen LogP contribution in [0.25, 0.3) is 11.0 Å². The molecule has 0 spiro atoms. The summed E-state index contributed by atoms with van der Waals surface area (Å²) in [5.74, 6) is -0.646. The summed E-state index contributed by atoms with van der Waals surface area (Å²) in [5, 5.41) is 8.57. The minimum Gasteiger partial charge on any atom is -0.325 e. The molecule has 2 aromatic rings. The molecule has 0 atom stereocenters. The number of pyridine rings is 1. The molecule has 21 heavy (non-hydrogen) atoms. The molecule has 0 aliphatic carbocycles. The van der Waals surface area contributed by atoms with E-state index in [2.05, 4.69) is 22.0 Å². The Balaban J connectivity index is 2.11. The summed E-state index contributed by atoms with van der Waals surface area (Å²) in [7, 11) is -1.58. The Bertz CT molecular complexity index is 808. The summed E-state index contributed by atoms with van der Waals surface area (Å²) in [6, 6.07) is 1.77. The second kappa shape index (κ2) is 5.65. The van der Waals surface area contributed by atoms with E-state index in [4.69, 9.17) is 0 Å². The first-order valence-corrected chi connectivity index (χ1v) is 7.98. The Labute approximate surface area is 122 Å². The second-order valence-corrected chi connectivity index (χ2v) is 6.70. The Morgan fingerprint density at radius 3 is 2.90 bits per heavy atom. The van der Waals surface area contributed by atoms with E-state index in [1.807, 2.05) is 6.92 Å². The van der Waals surface area contributed by atoms with Gasteiger partial charge >= 0.3 is 0 Å². The molecule has 2 rings (SSSR count). The number of nitrogens with one attached hydrogen (secondary N) is 1. The number of hydrogen-bond donors (Lipinski definition) is 1. The minimum absolute atomic E-state index is 0.127. The molecule has 2 aromatic heterocycles. The molecule has 0 fully saturated rings. The van der Waals surface area contributed by atoms with Crippen molar-refractivity contribution in [2.45, 2.75) is 13.3 Å². The van der Waals surface area contributed by atoms with Crippen LogP contribution in [0.1, 0.15) is 12.1 Å². The number of rotatable bonds is 5. The van der Waals surface area contributed by atoms with Gasteiger partial charge < -0.3 is 5.32 Å². The van der Waals surface area contributed by atoms with Crippen molar-refractivity contribution >= 4 is 32.5 Å². The van der Waals surface area contributed by atoms with Crippen LogP contribution in [0.4, 0.5) is 5.69 Å². The number of carbonyl (C=O) groups excluding carboxylic acids is 1. The minimum atomic E-state index is -3.37. The first-order chi connectivity index (χ1) is 9.82. The first kappa shape index (κ1) is 15.2. The van der Waals surface area contributed by atoms with E-state index < -0.39 is 9.84 Å². The monoisotopic (exact) mass is 308 g/mol. The van der Waals surface area contributed by atoms with Crippen molar-refractivity contribution in [1.29, 1.82) is 0 Å². The highest BCUT2D eigenvalue weighted by Gasteiger charge is 2.12. The average Bonchev–Trinajstić information content (AvgIpc) is 2.72. The highest BCUT2D eigenvalue weighted by molar-refractivity contribution is 7.94. The summed E-state index contributed by atoms with van der Waals surface area (Å²) in [6.45, 7) is 5.05. The lowest BCUT2D eigenvalue weighted by atomic mass is 10.2. The van der Waals surface area contributed by atoms with Gasteiger partial charge in [0.1, 0.15) is 0 Å². The van der Waals surface area contributed by atoms with E-state index in [1.54, 1.807) is 17.8 Å². The van der Waals surface area contributed by atoms with Crippen LogP contribution in [0.3, 0.4) is 0 Å². The smallest absolute Gasteiger partial charge is 0.225 e. The number of nitrogens with zero attached hydrogens (tertiary/aromatic N) is 3. The molecule has 0 saturated carbocycles. The van der Waals surface area contributed by atoms with Crippen LogP contribution in [0.5, 0.6) is 0 Å². The molecule has 0 aliphatic heterocycles. The maximum absolute atomic E-state index is 11.7. The normalized spacial score (nSPS) is 11.5. The quantitative estimate of drug-likeness (QED) is 0.894. The van der Waals surface area contributed by atoms with Crippen molar-refractivity contribution in [3.8, 4) is 0 Å². The molecule has 112 valence electrons. The fourth-order valence-electron chi connectivity index (χ4n) is 1.92. The average molecular weight is 308 g/mol. The summed E-state index contributed by atoms with van der Waals surface area (Å²) >= 11 is 0. The van der Waals surface area contributed by atoms with E-state index >= 15 is 0 Å². The molecular weight excluding hydrogens is 292 g/mol. The molecule has 0 radical (unpaired) electrons. The van der Waals surface area contributed by atoms with Crippen molar-refractivity contribution in [2.75, 3.05) is 11.1 Å². The summed E-state index contributed by atoms with van der Waals surface area (Å²) < 4.78 is 24.2. The zero-order valence-electron chi connectivity index (χ0n) is 11.8. The maximum atomic E-state index is 11.7. The number of carbonyl (C=O) groups is 1. The second-order valence-electron chi connectivity index (χ2n) is 4.64. The van der Waals surface area contributed by atoms with Gasteiger partial charge in [-0.1, -0.05) is 6.58 Å². The topological polar surface area (TPSA) is 93.9 Å². The Kier molecular flexibility index (Phi) is 4.08. The van der Waals surface area contributed by atoms with Gasteiger partial charge in [-0.2, -0.15) is 5.10 Å². The Hall–Kier alpha value is -2.22. The van der Waals surface area contributed by atoms with Gasteiger partial charge in [-0.05, 0) is 13.0 Å². The standard InChI is InChI=1S/C13H16N4O3S/c1-4-21(19,20)6-5-12(18)15-10-7-11-9(2)16-17(3)13(11)14-8-10/h4,7-8H,1,5-6H2,2-3H3,(H,15,18). The van der Waals surface area contributed by atoms with E-state index in [9.17, 15) is 13.2 Å². The Morgan fingerprint density at radius 2 is 2.24 bits per heavy atom. The number of sulfone groups is 1. The molecule has 0 aromatic carbocycles. The highest BCUT2D eigenvalue weighted by Crippen LogP contribution is 2.19. The van der Waals surface area contributed by atoms with Gasteiger partial charge in [0.2, 0.25) is 5.91 Å². The molecule has 0 unspecified atom stereocenters. The fourth-order valence-corrected chi connectivity index (χ4v) is 2.55. The van der Waals surface area contributed by atoms with Crippen molar-refractivity contribution < 1.29 is 13.2 Å². The van der Waals surface area contributed by atoms with Crippen molar-refractivity contribution in [2.24, 2.45) is 7.05 Å². The molecule has 7 nitrogen and oxygen atoms in total. The molecule has 8 heteroatoms. The van der Waals surface area contributed by atoms with Crippen LogP contribution in [0.2, 0.25) is 0 Å². The van der Waals surface area contributed by atoms with Crippen molar-refractivity contribution in [1.82, 2.24) is 14.8 Å². The third kappa shape index (κ3) is 3.46. The summed E-state index contributed by atoms with van der Waals surface area (Å²) in [4.78, 5) is 16.0.